The number of halogens is 1. The molecule has 0 radical (unpaired) electrons. The summed E-state index contributed by atoms with van der Waals surface area (Å²) < 4.78 is 27.9. The summed E-state index contributed by atoms with van der Waals surface area (Å²) in [5, 5.41) is 10.6. The van der Waals surface area contributed by atoms with E-state index < -0.39 is 21.0 Å². The maximum Gasteiger partial charge on any atom is 0.269 e. The number of hydrogen-bond acceptors (Lipinski definition) is 4. The second kappa shape index (κ2) is 7.20. The van der Waals surface area contributed by atoms with Crippen LogP contribution in [0.25, 0.3) is 0 Å². The van der Waals surface area contributed by atoms with E-state index in [-0.39, 0.29) is 11.4 Å². The molecule has 6 nitrogen and oxygen atoms in total. The molecular formula is C15H15BrN2O4S. The van der Waals surface area contributed by atoms with E-state index in [4.69, 9.17) is 0 Å². The lowest BCUT2D eigenvalue weighted by molar-refractivity contribution is -0.384. The van der Waals surface area contributed by atoms with Gasteiger partial charge in [-0.15, -0.1) is 0 Å². The highest BCUT2D eigenvalue weighted by Gasteiger charge is 2.18. The fraction of sp³-hybridized carbons (Fsp3) is 0.200. The van der Waals surface area contributed by atoms with Gasteiger partial charge in [-0.1, -0.05) is 46.3 Å². The smallest absolute Gasteiger partial charge is 0.258 e. The van der Waals surface area contributed by atoms with Crippen LogP contribution in [0.2, 0.25) is 0 Å². The van der Waals surface area contributed by atoms with Crippen LogP contribution in [0.5, 0.6) is 0 Å². The zero-order valence-corrected chi connectivity index (χ0v) is 14.7. The van der Waals surface area contributed by atoms with Gasteiger partial charge in [0, 0.05) is 22.6 Å². The Morgan fingerprint density at radius 3 is 2.35 bits per heavy atom. The Labute approximate surface area is 142 Å². The molecular weight excluding hydrogens is 384 g/mol. The third kappa shape index (κ3) is 4.85. The Hall–Kier alpha value is -1.77. The Balaban J connectivity index is 2.10. The van der Waals surface area contributed by atoms with Crippen molar-refractivity contribution in [3.63, 3.8) is 0 Å². The van der Waals surface area contributed by atoms with Crippen LogP contribution >= 0.6 is 15.9 Å². The predicted molar refractivity (Wildman–Crippen MR) is 91.4 cm³/mol. The number of benzene rings is 2. The molecule has 2 aromatic carbocycles. The minimum atomic E-state index is -3.57. The van der Waals surface area contributed by atoms with Gasteiger partial charge in [0.1, 0.15) is 0 Å². The van der Waals surface area contributed by atoms with Crippen LogP contribution in [0.4, 0.5) is 5.69 Å². The van der Waals surface area contributed by atoms with Crippen molar-refractivity contribution in [2.75, 3.05) is 0 Å². The van der Waals surface area contributed by atoms with Crippen LogP contribution in [-0.4, -0.2) is 13.3 Å². The van der Waals surface area contributed by atoms with Gasteiger partial charge in [0.25, 0.3) is 5.69 Å². The monoisotopic (exact) mass is 398 g/mol. The Morgan fingerprint density at radius 1 is 1.17 bits per heavy atom. The fourth-order valence-corrected chi connectivity index (χ4v) is 4.14. The molecule has 23 heavy (non-hydrogen) atoms. The van der Waals surface area contributed by atoms with Crippen LogP contribution in [0, 0.1) is 10.1 Å². The first-order chi connectivity index (χ1) is 10.8. The first kappa shape index (κ1) is 17.6. The second-order valence-electron chi connectivity index (χ2n) is 5.04. The number of hydrogen-bond donors (Lipinski definition) is 1. The molecule has 8 heteroatoms. The van der Waals surface area contributed by atoms with Gasteiger partial charge in [0.2, 0.25) is 10.0 Å². The van der Waals surface area contributed by atoms with Crippen molar-refractivity contribution in [2.45, 2.75) is 18.7 Å². The maximum absolute atomic E-state index is 12.3. The molecule has 122 valence electrons. The Morgan fingerprint density at radius 2 is 1.78 bits per heavy atom. The molecule has 0 saturated carbocycles. The van der Waals surface area contributed by atoms with Gasteiger partial charge in [-0.3, -0.25) is 10.1 Å². The molecule has 0 unspecified atom stereocenters. The van der Waals surface area contributed by atoms with Gasteiger partial charge < -0.3 is 0 Å². The first-order valence-electron chi connectivity index (χ1n) is 6.76. The van der Waals surface area contributed by atoms with Gasteiger partial charge in [0.15, 0.2) is 0 Å². The lowest BCUT2D eigenvalue weighted by Gasteiger charge is -2.16. The highest BCUT2D eigenvalue weighted by Crippen LogP contribution is 2.24. The summed E-state index contributed by atoms with van der Waals surface area (Å²) in [6.45, 7) is 1.76. The van der Waals surface area contributed by atoms with Gasteiger partial charge in [-0.25, -0.2) is 13.1 Å². The lowest BCUT2D eigenvalue weighted by atomic mass is 10.1. The maximum atomic E-state index is 12.3. The molecule has 0 aliphatic rings. The Bertz CT molecular complexity index is 806. The third-order valence-electron chi connectivity index (χ3n) is 3.23. The van der Waals surface area contributed by atoms with E-state index >= 15 is 0 Å². The van der Waals surface area contributed by atoms with E-state index in [0.717, 1.165) is 10.0 Å². The van der Waals surface area contributed by atoms with Crippen molar-refractivity contribution in [1.82, 2.24) is 4.72 Å². The molecule has 0 aromatic heterocycles. The summed E-state index contributed by atoms with van der Waals surface area (Å²) in [6, 6.07) is 12.5. The number of nitrogens with one attached hydrogen (secondary N) is 1. The first-order valence-corrected chi connectivity index (χ1v) is 9.21. The van der Waals surface area contributed by atoms with Crippen LogP contribution < -0.4 is 4.72 Å². The Kier molecular flexibility index (Phi) is 5.51. The summed E-state index contributed by atoms with van der Waals surface area (Å²) in [6.07, 6.45) is 0. The van der Waals surface area contributed by atoms with Gasteiger partial charge in [0.05, 0.1) is 10.7 Å². The normalized spacial score (nSPS) is 12.8. The molecule has 0 spiro atoms. The number of nitro groups is 1. The van der Waals surface area contributed by atoms with Crippen molar-refractivity contribution in [2.24, 2.45) is 0 Å². The van der Waals surface area contributed by atoms with Crippen molar-refractivity contribution in [1.29, 1.82) is 0 Å². The second-order valence-corrected chi connectivity index (χ2v) is 7.65. The third-order valence-corrected chi connectivity index (χ3v) is 5.38. The van der Waals surface area contributed by atoms with Crippen LogP contribution in [0.3, 0.4) is 0 Å². The van der Waals surface area contributed by atoms with E-state index in [0.29, 0.717) is 5.56 Å². The summed E-state index contributed by atoms with van der Waals surface area (Å²) in [7, 11) is -3.57. The zero-order chi connectivity index (χ0) is 17.0. The summed E-state index contributed by atoms with van der Waals surface area (Å²) in [5.74, 6) is -0.236. The molecule has 0 aliphatic carbocycles. The molecule has 0 heterocycles. The minimum absolute atomic E-state index is 0.0688. The average Bonchev–Trinajstić information content (AvgIpc) is 2.47. The molecule has 0 fully saturated rings. The highest BCUT2D eigenvalue weighted by molar-refractivity contribution is 9.10. The van der Waals surface area contributed by atoms with Crippen molar-refractivity contribution in [3.8, 4) is 0 Å². The molecule has 2 aromatic rings. The van der Waals surface area contributed by atoms with Crippen LogP contribution in [0.15, 0.2) is 53.0 Å². The van der Waals surface area contributed by atoms with E-state index in [1.165, 1.54) is 24.3 Å². The van der Waals surface area contributed by atoms with Crippen molar-refractivity contribution >= 4 is 31.6 Å². The topological polar surface area (TPSA) is 89.3 Å². The number of sulfonamides is 1. The standard InChI is InChI=1S/C15H15BrN2O4S/c1-11(14-4-2-3-5-15(14)16)17-23(21,22)10-12-6-8-13(9-7-12)18(19)20/h2-9,11,17H,10H2,1H3/t11-/m1/s1. The quantitative estimate of drug-likeness (QED) is 0.595. The number of nitrogens with zero attached hydrogens (tertiary/aromatic N) is 1. The SMILES string of the molecule is C[C@@H](NS(=O)(=O)Cc1ccc([N+](=O)[O-])cc1)c1ccccc1Br. The number of rotatable bonds is 6. The minimum Gasteiger partial charge on any atom is -0.258 e. The molecule has 1 atom stereocenters. The van der Waals surface area contributed by atoms with Crippen LogP contribution in [0.1, 0.15) is 24.1 Å². The number of non-ortho nitro benzene ring substituents is 1. The van der Waals surface area contributed by atoms with E-state index in [1.807, 2.05) is 24.3 Å². The lowest BCUT2D eigenvalue weighted by Crippen LogP contribution is -2.28. The van der Waals surface area contributed by atoms with Crippen molar-refractivity contribution < 1.29 is 13.3 Å². The molecule has 0 bridgehead atoms. The highest BCUT2D eigenvalue weighted by atomic mass is 79.9. The van der Waals surface area contributed by atoms with Crippen molar-refractivity contribution in [3.05, 3.63) is 74.2 Å². The molecule has 1 N–H and O–H groups in total. The average molecular weight is 399 g/mol. The molecule has 0 amide bonds. The van der Waals surface area contributed by atoms with Crippen LogP contribution in [-0.2, 0) is 15.8 Å². The summed E-state index contributed by atoms with van der Waals surface area (Å²) >= 11 is 3.39. The van der Waals surface area contributed by atoms with Gasteiger partial charge >= 0.3 is 0 Å². The largest absolute Gasteiger partial charge is 0.269 e. The fourth-order valence-electron chi connectivity index (χ4n) is 2.13. The molecule has 2 rings (SSSR count). The van der Waals surface area contributed by atoms with E-state index in [9.17, 15) is 18.5 Å². The van der Waals surface area contributed by atoms with E-state index in [1.54, 1.807) is 6.92 Å². The summed E-state index contributed by atoms with van der Waals surface area (Å²) in [4.78, 5) is 10.1. The number of nitro benzene ring substituents is 1. The van der Waals surface area contributed by atoms with E-state index in [2.05, 4.69) is 20.7 Å². The zero-order valence-electron chi connectivity index (χ0n) is 12.3. The predicted octanol–water partition coefficient (Wildman–Crippen LogP) is 3.54. The summed E-state index contributed by atoms with van der Waals surface area (Å²) in [5.41, 5.74) is 1.25. The molecule has 0 saturated heterocycles. The molecule has 0 aliphatic heterocycles. The van der Waals surface area contributed by atoms with Gasteiger partial charge in [-0.05, 0) is 24.1 Å². The van der Waals surface area contributed by atoms with Gasteiger partial charge in [-0.2, -0.15) is 0 Å².